The van der Waals surface area contributed by atoms with Gasteiger partial charge in [0.05, 0.1) is 0 Å². The molecule has 0 saturated carbocycles. The molecule has 0 bridgehead atoms. The van der Waals surface area contributed by atoms with Gasteiger partial charge in [0, 0.05) is 25.6 Å². The molecule has 0 amide bonds. The summed E-state index contributed by atoms with van der Waals surface area (Å²) in [4.78, 5) is 12.6. The van der Waals surface area contributed by atoms with Crippen LogP contribution in [0.5, 0.6) is 0 Å². The molecule has 0 aromatic heterocycles. The predicted octanol–water partition coefficient (Wildman–Crippen LogP) is 0.812. The molecule has 13 heavy (non-hydrogen) atoms. The van der Waals surface area contributed by atoms with E-state index in [1.165, 1.54) is 12.8 Å². The molecule has 1 N–H and O–H groups in total. The van der Waals surface area contributed by atoms with E-state index in [1.54, 1.807) is 0 Å². The van der Waals surface area contributed by atoms with Gasteiger partial charge < -0.3 is 9.90 Å². The van der Waals surface area contributed by atoms with Crippen molar-refractivity contribution in [3.8, 4) is 0 Å². The van der Waals surface area contributed by atoms with E-state index in [2.05, 4.69) is 4.90 Å². The van der Waals surface area contributed by atoms with Crippen LogP contribution >= 0.6 is 0 Å². The van der Waals surface area contributed by atoms with Crippen LogP contribution in [-0.4, -0.2) is 42.0 Å². The maximum Gasteiger partial charge on any atom is 0.121 e. The highest BCUT2D eigenvalue weighted by molar-refractivity contribution is 5.49. The first-order chi connectivity index (χ1) is 6.38. The summed E-state index contributed by atoms with van der Waals surface area (Å²) in [6.07, 6.45) is 6.09. The summed E-state index contributed by atoms with van der Waals surface area (Å²) >= 11 is 0. The van der Waals surface area contributed by atoms with E-state index in [1.807, 2.05) is 0 Å². The fraction of sp³-hybridized carbons (Fsp3) is 0.900. The summed E-state index contributed by atoms with van der Waals surface area (Å²) < 4.78 is 0. The van der Waals surface area contributed by atoms with Crippen molar-refractivity contribution in [1.82, 2.24) is 4.90 Å². The van der Waals surface area contributed by atoms with Crippen LogP contribution in [0.25, 0.3) is 0 Å². The number of carbonyl (C=O) groups excluding carboxylic acids is 1. The zero-order valence-electron chi connectivity index (χ0n) is 8.11. The number of likely N-dealkylation sites (tertiary alicyclic amines) is 1. The predicted molar refractivity (Wildman–Crippen MR) is 51.6 cm³/mol. The molecule has 3 heteroatoms. The Hall–Kier alpha value is -0.410. The van der Waals surface area contributed by atoms with E-state index >= 15 is 0 Å². The van der Waals surface area contributed by atoms with Gasteiger partial charge in [-0.15, -0.1) is 0 Å². The van der Waals surface area contributed by atoms with Gasteiger partial charge in [0.1, 0.15) is 6.29 Å². The molecule has 1 fully saturated rings. The second kappa shape index (κ2) is 6.11. The van der Waals surface area contributed by atoms with Crippen molar-refractivity contribution in [2.75, 3.05) is 19.7 Å². The molecule has 0 spiro atoms. The Balaban J connectivity index is 2.21. The Kier molecular flexibility index (Phi) is 5.01. The van der Waals surface area contributed by atoms with Crippen molar-refractivity contribution >= 4 is 6.29 Å². The lowest BCUT2D eigenvalue weighted by Crippen LogP contribution is -2.30. The van der Waals surface area contributed by atoms with E-state index in [9.17, 15) is 4.79 Å². The van der Waals surface area contributed by atoms with E-state index in [0.29, 0.717) is 12.5 Å². The van der Waals surface area contributed by atoms with Gasteiger partial charge in [-0.3, -0.25) is 4.90 Å². The van der Waals surface area contributed by atoms with Gasteiger partial charge in [0.15, 0.2) is 0 Å². The SMILES string of the molecule is O=CCCN1CCCC1CCCO. The summed E-state index contributed by atoms with van der Waals surface area (Å²) in [6.45, 7) is 2.32. The zero-order chi connectivity index (χ0) is 9.52. The normalized spacial score (nSPS) is 23.6. The topological polar surface area (TPSA) is 40.5 Å². The number of nitrogens with zero attached hydrogens (tertiary/aromatic N) is 1. The molecule has 1 saturated heterocycles. The molecule has 76 valence electrons. The third-order valence-electron chi connectivity index (χ3n) is 2.73. The maximum atomic E-state index is 10.2. The maximum absolute atomic E-state index is 10.2. The van der Waals surface area contributed by atoms with Gasteiger partial charge in [0.25, 0.3) is 0 Å². The molecule has 1 aliphatic heterocycles. The fourth-order valence-electron chi connectivity index (χ4n) is 2.06. The van der Waals surface area contributed by atoms with Crippen molar-refractivity contribution in [2.45, 2.75) is 38.1 Å². The largest absolute Gasteiger partial charge is 0.396 e. The van der Waals surface area contributed by atoms with Gasteiger partial charge in [0.2, 0.25) is 0 Å². The van der Waals surface area contributed by atoms with Crippen LogP contribution in [0.4, 0.5) is 0 Å². The molecule has 1 atom stereocenters. The first-order valence-electron chi connectivity index (χ1n) is 5.17. The van der Waals surface area contributed by atoms with Gasteiger partial charge in [-0.05, 0) is 32.2 Å². The fourth-order valence-corrected chi connectivity index (χ4v) is 2.06. The second-order valence-electron chi connectivity index (χ2n) is 3.65. The monoisotopic (exact) mass is 185 g/mol. The van der Waals surface area contributed by atoms with Crippen molar-refractivity contribution in [1.29, 1.82) is 0 Å². The van der Waals surface area contributed by atoms with Crippen LogP contribution in [0, 0.1) is 0 Å². The summed E-state index contributed by atoms with van der Waals surface area (Å²) in [6, 6.07) is 0.618. The lowest BCUT2D eigenvalue weighted by molar-refractivity contribution is -0.108. The van der Waals surface area contributed by atoms with Crippen LogP contribution in [0.15, 0.2) is 0 Å². The summed E-state index contributed by atoms with van der Waals surface area (Å²) in [5, 5.41) is 8.71. The summed E-state index contributed by atoms with van der Waals surface area (Å²) in [7, 11) is 0. The Morgan fingerprint density at radius 3 is 3.08 bits per heavy atom. The Bertz CT molecular complexity index is 150. The number of rotatable bonds is 6. The lowest BCUT2D eigenvalue weighted by atomic mass is 10.1. The third-order valence-corrected chi connectivity index (χ3v) is 2.73. The van der Waals surface area contributed by atoms with Crippen LogP contribution in [0.1, 0.15) is 32.1 Å². The van der Waals surface area contributed by atoms with E-state index < -0.39 is 0 Å². The van der Waals surface area contributed by atoms with E-state index in [4.69, 9.17) is 5.11 Å². The van der Waals surface area contributed by atoms with Gasteiger partial charge >= 0.3 is 0 Å². The minimum Gasteiger partial charge on any atom is -0.396 e. The number of aldehydes is 1. The van der Waals surface area contributed by atoms with Gasteiger partial charge in [-0.25, -0.2) is 0 Å². The molecule has 0 aliphatic carbocycles. The Morgan fingerprint density at radius 1 is 1.54 bits per heavy atom. The van der Waals surface area contributed by atoms with Crippen LogP contribution in [0.3, 0.4) is 0 Å². The number of aliphatic hydroxyl groups excluding tert-OH is 1. The zero-order valence-corrected chi connectivity index (χ0v) is 8.11. The molecule has 3 nitrogen and oxygen atoms in total. The highest BCUT2D eigenvalue weighted by Gasteiger charge is 2.22. The van der Waals surface area contributed by atoms with Crippen molar-refractivity contribution < 1.29 is 9.90 Å². The Morgan fingerprint density at radius 2 is 2.38 bits per heavy atom. The first-order valence-corrected chi connectivity index (χ1v) is 5.17. The minimum atomic E-state index is 0.290. The molecule has 0 aromatic carbocycles. The van der Waals surface area contributed by atoms with E-state index in [-0.39, 0.29) is 6.61 Å². The quantitative estimate of drug-likeness (QED) is 0.623. The summed E-state index contributed by atoms with van der Waals surface area (Å²) in [5.74, 6) is 0. The van der Waals surface area contributed by atoms with Crippen LogP contribution < -0.4 is 0 Å². The van der Waals surface area contributed by atoms with Crippen LogP contribution in [-0.2, 0) is 4.79 Å². The molecule has 1 aliphatic rings. The number of hydrogen-bond acceptors (Lipinski definition) is 3. The molecule has 1 unspecified atom stereocenters. The standard InChI is InChI=1S/C10H19NO2/c12-8-2-5-10-4-1-6-11(10)7-3-9-13/h9-10,12H,1-8H2. The van der Waals surface area contributed by atoms with Gasteiger partial charge in [-0.2, -0.15) is 0 Å². The van der Waals surface area contributed by atoms with Crippen LogP contribution in [0.2, 0.25) is 0 Å². The van der Waals surface area contributed by atoms with Crippen molar-refractivity contribution in [2.24, 2.45) is 0 Å². The highest BCUT2D eigenvalue weighted by atomic mass is 16.2. The molecular weight excluding hydrogens is 166 g/mol. The molecule has 1 heterocycles. The second-order valence-corrected chi connectivity index (χ2v) is 3.65. The average Bonchev–Trinajstić information content (AvgIpc) is 2.59. The highest BCUT2D eigenvalue weighted by Crippen LogP contribution is 2.20. The number of hydrogen-bond donors (Lipinski definition) is 1. The third kappa shape index (κ3) is 3.44. The summed E-state index contributed by atoms with van der Waals surface area (Å²) in [5.41, 5.74) is 0. The first kappa shape index (κ1) is 10.7. The number of carbonyl (C=O) groups is 1. The van der Waals surface area contributed by atoms with E-state index in [0.717, 1.165) is 32.2 Å². The molecule has 0 radical (unpaired) electrons. The average molecular weight is 185 g/mol. The molecular formula is C10H19NO2. The van der Waals surface area contributed by atoms with Gasteiger partial charge in [-0.1, -0.05) is 0 Å². The van der Waals surface area contributed by atoms with Crippen molar-refractivity contribution in [3.63, 3.8) is 0 Å². The Labute approximate surface area is 79.7 Å². The number of aliphatic hydroxyl groups is 1. The molecule has 0 aromatic rings. The molecule has 1 rings (SSSR count). The smallest absolute Gasteiger partial charge is 0.121 e. The van der Waals surface area contributed by atoms with Crippen molar-refractivity contribution in [3.05, 3.63) is 0 Å². The minimum absolute atomic E-state index is 0.290. The lowest BCUT2D eigenvalue weighted by Gasteiger charge is -2.23.